The Hall–Kier alpha value is -1.90. The summed E-state index contributed by atoms with van der Waals surface area (Å²) in [7, 11) is 0. The summed E-state index contributed by atoms with van der Waals surface area (Å²) in [5.74, 6) is 1.13. The molecule has 7 nitrogen and oxygen atoms in total. The van der Waals surface area contributed by atoms with Crippen molar-refractivity contribution in [2.75, 3.05) is 26.3 Å². The van der Waals surface area contributed by atoms with Crippen molar-refractivity contribution in [2.24, 2.45) is 0 Å². The fourth-order valence-corrected chi connectivity index (χ4v) is 2.58. The van der Waals surface area contributed by atoms with Crippen LogP contribution >= 0.6 is 11.6 Å². The van der Waals surface area contributed by atoms with Crippen LogP contribution in [0.5, 0.6) is 11.5 Å². The summed E-state index contributed by atoms with van der Waals surface area (Å²) >= 11 is 5.81. The van der Waals surface area contributed by atoms with Crippen LogP contribution in [0.2, 0.25) is 5.02 Å². The minimum Gasteiger partial charge on any atom is -0.492 e. The summed E-state index contributed by atoms with van der Waals surface area (Å²) in [6, 6.07) is 7.10. The van der Waals surface area contributed by atoms with E-state index in [1.807, 2.05) is 0 Å². The molecule has 8 heteroatoms. The van der Waals surface area contributed by atoms with Crippen LogP contribution in [0.25, 0.3) is 0 Å². The Labute approximate surface area is 163 Å². The predicted octanol–water partition coefficient (Wildman–Crippen LogP) is 1.44. The zero-order valence-electron chi connectivity index (χ0n) is 15.2. The van der Waals surface area contributed by atoms with Crippen LogP contribution in [0.3, 0.4) is 0 Å². The van der Waals surface area contributed by atoms with Gasteiger partial charge in [-0.25, -0.2) is 0 Å². The van der Waals surface area contributed by atoms with Gasteiger partial charge in [-0.2, -0.15) is 0 Å². The number of halogens is 1. The summed E-state index contributed by atoms with van der Waals surface area (Å²) < 4.78 is 11.2. The number of aliphatic hydroxyl groups is 3. The largest absolute Gasteiger partial charge is 0.492 e. The van der Waals surface area contributed by atoms with E-state index in [2.05, 4.69) is 10.3 Å². The molecular weight excluding hydrogens is 372 g/mol. The number of rotatable bonds is 11. The molecule has 0 aliphatic carbocycles. The number of hydrogen-bond acceptors (Lipinski definition) is 7. The molecule has 0 fully saturated rings. The molecule has 0 saturated carbocycles. The molecule has 1 aromatic carbocycles. The lowest BCUT2D eigenvalue weighted by Gasteiger charge is -2.18. The molecule has 0 radical (unpaired) electrons. The average molecular weight is 397 g/mol. The molecule has 1 heterocycles. The van der Waals surface area contributed by atoms with E-state index < -0.39 is 6.10 Å². The van der Waals surface area contributed by atoms with Gasteiger partial charge < -0.3 is 30.1 Å². The van der Waals surface area contributed by atoms with Crippen LogP contribution in [-0.2, 0) is 13.2 Å². The first-order chi connectivity index (χ1) is 13.0. The maximum absolute atomic E-state index is 10.1. The zero-order valence-corrected chi connectivity index (χ0v) is 15.9. The van der Waals surface area contributed by atoms with Crippen molar-refractivity contribution in [3.63, 3.8) is 0 Å². The standard InChI is InChI=1S/C19H25ClN2O5/c1-13-19(18(11-24)14(10-23)8-22-13)27-12-16(25)9-21-6-7-26-17-4-2-15(20)3-5-17/h2-5,8,16,21,23-25H,6-7,9-12H2,1H3. The lowest BCUT2D eigenvalue weighted by atomic mass is 10.1. The van der Waals surface area contributed by atoms with Crippen LogP contribution in [-0.4, -0.2) is 52.7 Å². The molecule has 4 N–H and O–H groups in total. The summed E-state index contributed by atoms with van der Waals surface area (Å²) in [6.45, 7) is 2.60. The molecule has 0 spiro atoms. The second-order valence-electron chi connectivity index (χ2n) is 5.96. The summed E-state index contributed by atoms with van der Waals surface area (Å²) in [6.07, 6.45) is 0.760. The van der Waals surface area contributed by atoms with Crippen LogP contribution in [0.4, 0.5) is 0 Å². The number of aliphatic hydroxyl groups excluding tert-OH is 3. The molecular formula is C19H25ClN2O5. The van der Waals surface area contributed by atoms with E-state index in [1.165, 1.54) is 6.20 Å². The van der Waals surface area contributed by atoms with E-state index in [0.29, 0.717) is 47.3 Å². The third-order valence-corrected chi connectivity index (χ3v) is 4.15. The first-order valence-corrected chi connectivity index (χ1v) is 9.02. The van der Waals surface area contributed by atoms with Crippen LogP contribution in [0.15, 0.2) is 30.5 Å². The number of nitrogens with one attached hydrogen (secondary N) is 1. The Morgan fingerprint density at radius 3 is 2.56 bits per heavy atom. The third-order valence-electron chi connectivity index (χ3n) is 3.89. The quantitative estimate of drug-likeness (QED) is 0.426. The molecule has 0 aliphatic rings. The number of nitrogens with zero attached hydrogens (tertiary/aromatic N) is 1. The van der Waals surface area contributed by atoms with Gasteiger partial charge in [-0.3, -0.25) is 4.98 Å². The van der Waals surface area contributed by atoms with Crippen LogP contribution in [0.1, 0.15) is 16.8 Å². The van der Waals surface area contributed by atoms with Gasteiger partial charge in [0.05, 0.1) is 18.9 Å². The van der Waals surface area contributed by atoms with Crippen molar-refractivity contribution >= 4 is 11.6 Å². The Morgan fingerprint density at radius 1 is 1.15 bits per heavy atom. The van der Waals surface area contributed by atoms with Gasteiger partial charge in [0.15, 0.2) is 0 Å². The Balaban J connectivity index is 1.72. The lowest BCUT2D eigenvalue weighted by Crippen LogP contribution is -2.34. The SMILES string of the molecule is Cc1ncc(CO)c(CO)c1OCC(O)CNCCOc1ccc(Cl)cc1. The number of aromatic nitrogens is 1. The molecule has 0 aliphatic heterocycles. The summed E-state index contributed by atoms with van der Waals surface area (Å²) in [5.41, 5.74) is 1.58. The number of aryl methyl sites for hydroxylation is 1. The van der Waals surface area contributed by atoms with E-state index in [-0.39, 0.29) is 19.8 Å². The maximum atomic E-state index is 10.1. The highest BCUT2D eigenvalue weighted by molar-refractivity contribution is 6.30. The van der Waals surface area contributed by atoms with Crippen molar-refractivity contribution < 1.29 is 24.8 Å². The Kier molecular flexibility index (Phi) is 8.77. The first-order valence-electron chi connectivity index (χ1n) is 8.64. The van der Waals surface area contributed by atoms with E-state index >= 15 is 0 Å². The number of benzene rings is 1. The minimum absolute atomic E-state index is 0.0371. The highest BCUT2D eigenvalue weighted by Crippen LogP contribution is 2.25. The fourth-order valence-electron chi connectivity index (χ4n) is 2.46. The van der Waals surface area contributed by atoms with Gasteiger partial charge >= 0.3 is 0 Å². The molecule has 0 amide bonds. The Morgan fingerprint density at radius 2 is 1.89 bits per heavy atom. The van der Waals surface area contributed by atoms with Gasteiger partial charge in [0, 0.05) is 35.4 Å². The summed E-state index contributed by atoms with van der Waals surface area (Å²) in [5, 5.41) is 32.6. The highest BCUT2D eigenvalue weighted by atomic mass is 35.5. The van der Waals surface area contributed by atoms with Crippen LogP contribution < -0.4 is 14.8 Å². The molecule has 0 saturated heterocycles. The Bertz CT molecular complexity index is 712. The molecule has 2 rings (SSSR count). The number of ether oxygens (including phenoxy) is 2. The third kappa shape index (κ3) is 6.64. The fraction of sp³-hybridized carbons (Fsp3) is 0.421. The van der Waals surface area contributed by atoms with Gasteiger partial charge in [0.2, 0.25) is 0 Å². The maximum Gasteiger partial charge on any atom is 0.146 e. The van der Waals surface area contributed by atoms with Crippen molar-refractivity contribution in [1.29, 1.82) is 0 Å². The zero-order chi connectivity index (χ0) is 19.6. The minimum atomic E-state index is -0.746. The van der Waals surface area contributed by atoms with Crippen molar-refractivity contribution in [3.8, 4) is 11.5 Å². The van der Waals surface area contributed by atoms with E-state index in [4.69, 9.17) is 21.1 Å². The van der Waals surface area contributed by atoms with Crippen molar-refractivity contribution in [2.45, 2.75) is 26.2 Å². The van der Waals surface area contributed by atoms with E-state index in [1.54, 1.807) is 31.2 Å². The number of pyridine rings is 1. The molecule has 0 bridgehead atoms. The first kappa shape index (κ1) is 21.4. The van der Waals surface area contributed by atoms with E-state index in [9.17, 15) is 15.3 Å². The predicted molar refractivity (Wildman–Crippen MR) is 102 cm³/mol. The molecule has 148 valence electrons. The molecule has 1 aromatic heterocycles. The molecule has 1 atom stereocenters. The highest BCUT2D eigenvalue weighted by Gasteiger charge is 2.14. The van der Waals surface area contributed by atoms with Crippen molar-refractivity contribution in [3.05, 3.63) is 52.3 Å². The van der Waals surface area contributed by atoms with Gasteiger partial charge in [-0.15, -0.1) is 0 Å². The van der Waals surface area contributed by atoms with Gasteiger partial charge in [0.25, 0.3) is 0 Å². The molecule has 1 unspecified atom stereocenters. The summed E-state index contributed by atoms with van der Waals surface area (Å²) in [4.78, 5) is 4.14. The average Bonchev–Trinajstić information content (AvgIpc) is 2.67. The van der Waals surface area contributed by atoms with Crippen LogP contribution in [0, 0.1) is 6.92 Å². The normalized spacial score (nSPS) is 12.0. The second kappa shape index (κ2) is 11.1. The van der Waals surface area contributed by atoms with Gasteiger partial charge in [0.1, 0.15) is 30.8 Å². The second-order valence-corrected chi connectivity index (χ2v) is 6.40. The topological polar surface area (TPSA) is 104 Å². The van der Waals surface area contributed by atoms with Gasteiger partial charge in [-0.05, 0) is 31.2 Å². The van der Waals surface area contributed by atoms with E-state index in [0.717, 1.165) is 5.75 Å². The molecule has 2 aromatic rings. The lowest BCUT2D eigenvalue weighted by molar-refractivity contribution is 0.103. The van der Waals surface area contributed by atoms with Gasteiger partial charge in [-0.1, -0.05) is 11.6 Å². The van der Waals surface area contributed by atoms with Crippen molar-refractivity contribution in [1.82, 2.24) is 10.3 Å². The number of hydrogen-bond donors (Lipinski definition) is 4. The smallest absolute Gasteiger partial charge is 0.146 e. The molecule has 27 heavy (non-hydrogen) atoms. The monoisotopic (exact) mass is 396 g/mol.